The number of guanidine groups is 1. The number of ether oxygens (including phenoxy) is 2. The van der Waals surface area contributed by atoms with Crippen molar-refractivity contribution in [3.05, 3.63) is 53.5 Å². The van der Waals surface area contributed by atoms with Crippen molar-refractivity contribution >= 4 is 35.9 Å². The summed E-state index contributed by atoms with van der Waals surface area (Å²) in [4.78, 5) is 17.8. The first-order valence-electron chi connectivity index (χ1n) is 8.32. The van der Waals surface area contributed by atoms with Crippen LogP contribution in [0.25, 0.3) is 0 Å². The summed E-state index contributed by atoms with van der Waals surface area (Å²) >= 11 is 0. The molecule has 0 saturated carbocycles. The fraction of sp³-hybridized carbons (Fsp3) is 0.368. The Bertz CT molecular complexity index is 747. The largest absolute Gasteiger partial charge is 0.492 e. The molecule has 2 aromatic rings. The van der Waals surface area contributed by atoms with Crippen molar-refractivity contribution in [1.82, 2.24) is 10.2 Å². The number of methoxy groups -OCH3 is 1. The molecule has 0 radical (unpaired) electrons. The van der Waals surface area contributed by atoms with Crippen LogP contribution in [0.5, 0.6) is 5.75 Å². The lowest BCUT2D eigenvalue weighted by Crippen LogP contribution is -2.40. The third-order valence-electron chi connectivity index (χ3n) is 3.81. The third kappa shape index (κ3) is 6.78. The van der Waals surface area contributed by atoms with E-state index in [1.807, 2.05) is 42.3 Å². The standard InChI is InChI=1S/C19H25N3O4.HI/c1-14-17(18(23)24-4)12-16(26-14)13-21-19(20-2)22(3)10-11-25-15-8-6-5-7-9-15;/h5-9,12H,10-11,13H2,1-4H3,(H,20,21);1H. The first kappa shape index (κ1) is 22.8. The Morgan fingerprint density at radius 1 is 1.30 bits per heavy atom. The SMILES string of the molecule is CN=C(NCc1cc(C(=O)OC)c(C)o1)N(C)CCOc1ccccc1.I. The number of nitrogens with one attached hydrogen (secondary N) is 1. The second kappa shape index (κ2) is 11.5. The Morgan fingerprint density at radius 2 is 2.00 bits per heavy atom. The summed E-state index contributed by atoms with van der Waals surface area (Å²) in [6, 6.07) is 11.4. The molecule has 148 valence electrons. The van der Waals surface area contributed by atoms with Crippen LogP contribution < -0.4 is 10.1 Å². The summed E-state index contributed by atoms with van der Waals surface area (Å²) in [5, 5.41) is 3.21. The van der Waals surface area contributed by atoms with E-state index >= 15 is 0 Å². The lowest BCUT2D eigenvalue weighted by Gasteiger charge is -2.21. The molecule has 0 fully saturated rings. The minimum absolute atomic E-state index is 0. The number of aliphatic imine (C=N–C) groups is 1. The molecule has 1 aromatic heterocycles. The van der Waals surface area contributed by atoms with E-state index < -0.39 is 5.97 Å². The number of esters is 1. The lowest BCUT2D eigenvalue weighted by atomic mass is 10.2. The van der Waals surface area contributed by atoms with Crippen LogP contribution in [0.1, 0.15) is 21.9 Å². The van der Waals surface area contributed by atoms with Crippen LogP contribution in [-0.2, 0) is 11.3 Å². The van der Waals surface area contributed by atoms with Crippen molar-refractivity contribution in [3.63, 3.8) is 0 Å². The van der Waals surface area contributed by atoms with E-state index in [-0.39, 0.29) is 24.0 Å². The Morgan fingerprint density at radius 3 is 2.63 bits per heavy atom. The number of hydrogen-bond acceptors (Lipinski definition) is 5. The minimum atomic E-state index is -0.405. The van der Waals surface area contributed by atoms with E-state index in [0.717, 1.165) is 5.75 Å². The van der Waals surface area contributed by atoms with Gasteiger partial charge in [0.05, 0.1) is 20.2 Å². The van der Waals surface area contributed by atoms with E-state index in [1.165, 1.54) is 7.11 Å². The average Bonchev–Trinajstić information content (AvgIpc) is 3.03. The second-order valence-electron chi connectivity index (χ2n) is 5.66. The molecule has 0 spiro atoms. The van der Waals surface area contributed by atoms with Gasteiger partial charge in [0.2, 0.25) is 0 Å². The zero-order chi connectivity index (χ0) is 18.9. The summed E-state index contributed by atoms with van der Waals surface area (Å²) < 4.78 is 16.0. The second-order valence-corrected chi connectivity index (χ2v) is 5.66. The molecule has 7 nitrogen and oxygen atoms in total. The van der Waals surface area contributed by atoms with E-state index in [1.54, 1.807) is 20.0 Å². The molecule has 27 heavy (non-hydrogen) atoms. The van der Waals surface area contributed by atoms with Gasteiger partial charge >= 0.3 is 5.97 Å². The molecule has 0 aliphatic rings. The molecule has 0 atom stereocenters. The van der Waals surface area contributed by atoms with Crippen LogP contribution in [0.15, 0.2) is 45.8 Å². The van der Waals surface area contributed by atoms with Crippen LogP contribution in [0.4, 0.5) is 0 Å². The van der Waals surface area contributed by atoms with Crippen LogP contribution in [0.3, 0.4) is 0 Å². The summed E-state index contributed by atoms with van der Waals surface area (Å²) in [5.74, 6) is 2.31. The Balaban J connectivity index is 0.00000364. The molecule has 1 N–H and O–H groups in total. The molecule has 1 aromatic carbocycles. The number of benzene rings is 1. The van der Waals surface area contributed by atoms with Gasteiger partial charge in [0.1, 0.15) is 29.4 Å². The van der Waals surface area contributed by atoms with Crippen molar-refractivity contribution in [1.29, 1.82) is 0 Å². The fourth-order valence-electron chi connectivity index (χ4n) is 2.42. The molecule has 0 unspecified atom stereocenters. The van der Waals surface area contributed by atoms with Gasteiger partial charge < -0.3 is 24.1 Å². The van der Waals surface area contributed by atoms with Crippen LogP contribution in [-0.4, -0.2) is 51.2 Å². The summed E-state index contributed by atoms with van der Waals surface area (Å²) in [6.45, 7) is 3.35. The number of likely N-dealkylation sites (N-methyl/N-ethyl adjacent to an activating group) is 1. The van der Waals surface area contributed by atoms with Crippen molar-refractivity contribution < 1.29 is 18.7 Å². The highest BCUT2D eigenvalue weighted by Crippen LogP contribution is 2.15. The van der Waals surface area contributed by atoms with Crippen molar-refractivity contribution in [2.45, 2.75) is 13.5 Å². The monoisotopic (exact) mass is 487 g/mol. The molecule has 0 bridgehead atoms. The smallest absolute Gasteiger partial charge is 0.341 e. The normalized spacial score (nSPS) is 10.7. The quantitative estimate of drug-likeness (QED) is 0.280. The maximum atomic E-state index is 11.6. The molecule has 0 amide bonds. The number of hydrogen-bond donors (Lipinski definition) is 1. The highest BCUT2D eigenvalue weighted by molar-refractivity contribution is 14.0. The predicted octanol–water partition coefficient (Wildman–Crippen LogP) is 3.08. The number of nitrogens with zero attached hydrogens (tertiary/aromatic N) is 2. The van der Waals surface area contributed by atoms with Gasteiger partial charge in [0, 0.05) is 14.1 Å². The third-order valence-corrected chi connectivity index (χ3v) is 3.81. The Kier molecular flexibility index (Phi) is 9.70. The highest BCUT2D eigenvalue weighted by Gasteiger charge is 2.16. The van der Waals surface area contributed by atoms with Crippen molar-refractivity contribution in [2.24, 2.45) is 4.99 Å². The molecule has 8 heteroatoms. The van der Waals surface area contributed by atoms with Gasteiger partial charge in [-0.3, -0.25) is 4.99 Å². The van der Waals surface area contributed by atoms with Gasteiger partial charge in [-0.25, -0.2) is 4.79 Å². The van der Waals surface area contributed by atoms with Crippen LogP contribution >= 0.6 is 24.0 Å². The van der Waals surface area contributed by atoms with Gasteiger partial charge in [0.15, 0.2) is 5.96 Å². The van der Waals surface area contributed by atoms with Crippen LogP contribution in [0, 0.1) is 6.92 Å². The molecule has 0 aliphatic heterocycles. The number of para-hydroxylation sites is 1. The predicted molar refractivity (Wildman–Crippen MR) is 115 cm³/mol. The number of rotatable bonds is 7. The number of aryl methyl sites for hydroxylation is 1. The van der Waals surface area contributed by atoms with Gasteiger partial charge in [0.25, 0.3) is 0 Å². The maximum Gasteiger partial charge on any atom is 0.341 e. The zero-order valence-electron chi connectivity index (χ0n) is 16.0. The Labute approximate surface area is 176 Å². The summed E-state index contributed by atoms with van der Waals surface area (Å²) in [6.07, 6.45) is 0. The summed E-state index contributed by atoms with van der Waals surface area (Å²) in [7, 11) is 4.99. The van der Waals surface area contributed by atoms with E-state index in [2.05, 4.69) is 10.3 Å². The lowest BCUT2D eigenvalue weighted by molar-refractivity contribution is 0.0599. The highest BCUT2D eigenvalue weighted by atomic mass is 127. The first-order valence-corrected chi connectivity index (χ1v) is 8.32. The van der Waals surface area contributed by atoms with E-state index in [9.17, 15) is 4.79 Å². The zero-order valence-corrected chi connectivity index (χ0v) is 18.4. The molecule has 1 heterocycles. The van der Waals surface area contributed by atoms with Gasteiger partial charge in [-0.15, -0.1) is 24.0 Å². The van der Waals surface area contributed by atoms with Crippen LogP contribution in [0.2, 0.25) is 0 Å². The Hall–Kier alpha value is -2.23. The van der Waals surface area contributed by atoms with E-state index in [4.69, 9.17) is 13.9 Å². The van der Waals surface area contributed by atoms with Gasteiger partial charge in [-0.05, 0) is 25.1 Å². The molecule has 2 rings (SSSR count). The number of halogens is 1. The number of furan rings is 1. The topological polar surface area (TPSA) is 76.3 Å². The van der Waals surface area contributed by atoms with E-state index in [0.29, 0.717) is 42.7 Å². The van der Waals surface area contributed by atoms with Crippen molar-refractivity contribution in [3.8, 4) is 5.75 Å². The maximum absolute atomic E-state index is 11.6. The summed E-state index contributed by atoms with van der Waals surface area (Å²) in [5.41, 5.74) is 0.434. The average molecular weight is 487 g/mol. The first-order chi connectivity index (χ1) is 12.5. The number of carbonyl (C=O) groups is 1. The number of carbonyl (C=O) groups excluding carboxylic acids is 1. The van der Waals surface area contributed by atoms with Gasteiger partial charge in [-0.2, -0.15) is 0 Å². The molecule has 0 saturated heterocycles. The minimum Gasteiger partial charge on any atom is -0.492 e. The fourth-order valence-corrected chi connectivity index (χ4v) is 2.42. The molecular formula is C19H26IN3O4. The van der Waals surface area contributed by atoms with Gasteiger partial charge in [-0.1, -0.05) is 18.2 Å². The molecule has 0 aliphatic carbocycles. The van der Waals surface area contributed by atoms with Crippen molar-refractivity contribution in [2.75, 3.05) is 34.4 Å². The molecular weight excluding hydrogens is 461 g/mol.